The van der Waals surface area contributed by atoms with Crippen molar-refractivity contribution in [2.75, 3.05) is 33.7 Å². The van der Waals surface area contributed by atoms with Crippen molar-refractivity contribution in [2.45, 2.75) is 25.8 Å². The molecule has 4 nitrogen and oxygen atoms in total. The normalized spacial score (nSPS) is 14.6. The van der Waals surface area contributed by atoms with Crippen molar-refractivity contribution in [3.63, 3.8) is 0 Å². The van der Waals surface area contributed by atoms with Gasteiger partial charge < -0.3 is 15.5 Å². The van der Waals surface area contributed by atoms with Gasteiger partial charge in [-0.1, -0.05) is 29.8 Å². The third-order valence-corrected chi connectivity index (χ3v) is 3.99. The molecule has 0 aromatic heterocycles. The Bertz CT molecular complexity index is 461. The van der Waals surface area contributed by atoms with Gasteiger partial charge in [0.2, 0.25) is 5.91 Å². The maximum atomic E-state index is 11.9. The Morgan fingerprint density at radius 2 is 1.83 bits per heavy atom. The summed E-state index contributed by atoms with van der Waals surface area (Å²) >= 11 is 0. The summed E-state index contributed by atoms with van der Waals surface area (Å²) in [5, 5.41) is 6.25. The van der Waals surface area contributed by atoms with E-state index >= 15 is 0 Å². The van der Waals surface area contributed by atoms with Crippen LogP contribution in [0.4, 0.5) is 0 Å². The number of aryl methyl sites for hydroxylation is 1. The molecule has 6 heteroatoms. The Hall–Kier alpha value is -0.810. The summed E-state index contributed by atoms with van der Waals surface area (Å²) in [4.78, 5) is 14.0. The van der Waals surface area contributed by atoms with Crippen LogP contribution in [0, 0.1) is 12.8 Å². The molecule has 0 bridgehead atoms. The van der Waals surface area contributed by atoms with E-state index in [0.29, 0.717) is 13.1 Å². The maximum absolute atomic E-state index is 11.9. The molecule has 1 aromatic carbocycles. The molecule has 1 amide bonds. The first-order valence-electron chi connectivity index (χ1n) is 7.76. The summed E-state index contributed by atoms with van der Waals surface area (Å²) in [5.74, 6) is 0.884. The molecule has 1 aliphatic carbocycles. The van der Waals surface area contributed by atoms with Gasteiger partial charge in [-0.05, 0) is 51.9 Å². The molecule has 132 valence electrons. The number of nitrogens with one attached hydrogen (secondary N) is 2. The van der Waals surface area contributed by atoms with E-state index in [1.54, 1.807) is 0 Å². The number of rotatable bonds is 8. The zero-order valence-electron chi connectivity index (χ0n) is 14.2. The lowest BCUT2D eigenvalue weighted by atomic mass is 10.0. The molecule has 23 heavy (non-hydrogen) atoms. The highest BCUT2D eigenvalue weighted by molar-refractivity contribution is 5.85. The summed E-state index contributed by atoms with van der Waals surface area (Å²) in [6.45, 7) is 4.12. The molecule has 0 saturated heterocycles. The van der Waals surface area contributed by atoms with Crippen molar-refractivity contribution >= 4 is 30.7 Å². The first-order valence-corrected chi connectivity index (χ1v) is 7.76. The third-order valence-electron chi connectivity index (χ3n) is 3.99. The molecule has 0 heterocycles. The fourth-order valence-electron chi connectivity index (χ4n) is 2.37. The van der Waals surface area contributed by atoms with E-state index in [9.17, 15) is 4.79 Å². The monoisotopic (exact) mass is 361 g/mol. The van der Waals surface area contributed by atoms with Gasteiger partial charge >= 0.3 is 0 Å². The van der Waals surface area contributed by atoms with Crippen LogP contribution in [0.15, 0.2) is 24.3 Å². The quantitative estimate of drug-likeness (QED) is 0.747. The minimum atomic E-state index is 0. The van der Waals surface area contributed by atoms with Crippen molar-refractivity contribution in [1.82, 2.24) is 15.5 Å². The second-order valence-corrected chi connectivity index (χ2v) is 6.27. The zero-order chi connectivity index (χ0) is 15.2. The number of likely N-dealkylation sites (N-methyl/N-ethyl adjacent to an activating group) is 1. The highest BCUT2D eigenvalue weighted by Gasteiger charge is 2.20. The second-order valence-electron chi connectivity index (χ2n) is 6.27. The molecule has 1 fully saturated rings. The Balaban J connectivity index is 0.00000242. The van der Waals surface area contributed by atoms with Gasteiger partial charge in [-0.15, -0.1) is 24.8 Å². The topological polar surface area (TPSA) is 44.4 Å². The van der Waals surface area contributed by atoms with Crippen molar-refractivity contribution < 1.29 is 4.79 Å². The van der Waals surface area contributed by atoms with E-state index < -0.39 is 0 Å². The number of benzene rings is 1. The predicted molar refractivity (Wildman–Crippen MR) is 101 cm³/mol. The van der Waals surface area contributed by atoms with Crippen LogP contribution in [-0.2, 0) is 4.79 Å². The molecular weight excluding hydrogens is 333 g/mol. The number of nitrogens with zero attached hydrogens (tertiary/aromatic N) is 1. The summed E-state index contributed by atoms with van der Waals surface area (Å²) in [5.41, 5.74) is 2.49. The van der Waals surface area contributed by atoms with Crippen LogP contribution >= 0.6 is 24.8 Å². The summed E-state index contributed by atoms with van der Waals surface area (Å²) in [7, 11) is 4.09. The first-order chi connectivity index (χ1) is 10.1. The molecule has 0 spiro atoms. The fraction of sp³-hybridized carbons (Fsp3) is 0.588. The average molecular weight is 362 g/mol. The molecule has 1 saturated carbocycles. The highest BCUT2D eigenvalue weighted by Crippen LogP contribution is 2.27. The van der Waals surface area contributed by atoms with Crippen LogP contribution in [-0.4, -0.2) is 44.5 Å². The van der Waals surface area contributed by atoms with Gasteiger partial charge in [-0.3, -0.25) is 4.79 Å². The number of halogens is 2. The summed E-state index contributed by atoms with van der Waals surface area (Å²) in [6.07, 6.45) is 2.62. The van der Waals surface area contributed by atoms with Crippen molar-refractivity contribution in [3.8, 4) is 0 Å². The Morgan fingerprint density at radius 1 is 1.22 bits per heavy atom. The fourth-order valence-corrected chi connectivity index (χ4v) is 2.37. The minimum Gasteiger partial charge on any atom is -0.353 e. The van der Waals surface area contributed by atoms with Crippen molar-refractivity contribution in [1.29, 1.82) is 0 Å². The maximum Gasteiger partial charge on any atom is 0.234 e. The minimum absolute atomic E-state index is 0. The molecule has 0 radical (unpaired) electrons. The van der Waals surface area contributed by atoms with Crippen LogP contribution in [0.25, 0.3) is 0 Å². The van der Waals surface area contributed by atoms with Crippen LogP contribution in [0.1, 0.15) is 30.0 Å². The standard InChI is InChI=1S/C17H27N3O.2ClH/c1-13-4-8-15(9-5-13)16(20(2)3)11-19-17(21)12-18-10-14-6-7-14;;/h4-5,8-9,14,16,18H,6-7,10-12H2,1-3H3,(H,19,21);2*1H. The Labute approximate surface area is 152 Å². The van der Waals surface area contributed by atoms with E-state index in [1.807, 2.05) is 14.1 Å². The molecule has 2 N–H and O–H groups in total. The van der Waals surface area contributed by atoms with Crippen LogP contribution in [0.2, 0.25) is 0 Å². The van der Waals surface area contributed by atoms with Gasteiger partial charge in [-0.2, -0.15) is 0 Å². The SMILES string of the molecule is Cc1ccc(C(CNC(=O)CNCC2CC2)N(C)C)cc1.Cl.Cl. The summed E-state index contributed by atoms with van der Waals surface area (Å²) in [6, 6.07) is 8.71. The molecule has 1 unspecified atom stereocenters. The zero-order valence-corrected chi connectivity index (χ0v) is 15.8. The van der Waals surface area contributed by atoms with Crippen LogP contribution in [0.3, 0.4) is 0 Å². The van der Waals surface area contributed by atoms with Gasteiger partial charge in [0.15, 0.2) is 0 Å². The number of carbonyl (C=O) groups is 1. The summed E-state index contributed by atoms with van der Waals surface area (Å²) < 4.78 is 0. The van der Waals surface area contributed by atoms with E-state index in [1.165, 1.54) is 24.0 Å². The van der Waals surface area contributed by atoms with Gasteiger partial charge in [0.1, 0.15) is 0 Å². The lowest BCUT2D eigenvalue weighted by molar-refractivity contribution is -0.120. The number of carbonyl (C=O) groups excluding carboxylic acids is 1. The van der Waals surface area contributed by atoms with E-state index in [4.69, 9.17) is 0 Å². The Kier molecular flexibility index (Phi) is 10.5. The van der Waals surface area contributed by atoms with E-state index in [0.717, 1.165) is 12.5 Å². The molecule has 1 aromatic rings. The molecular formula is C17H29Cl2N3O. The lowest BCUT2D eigenvalue weighted by Crippen LogP contribution is -2.39. The second kappa shape index (κ2) is 10.9. The average Bonchev–Trinajstić information content (AvgIpc) is 3.25. The molecule has 1 aliphatic rings. The highest BCUT2D eigenvalue weighted by atomic mass is 35.5. The van der Waals surface area contributed by atoms with E-state index in [-0.39, 0.29) is 36.8 Å². The number of hydrogen-bond acceptors (Lipinski definition) is 3. The van der Waals surface area contributed by atoms with Crippen LogP contribution < -0.4 is 10.6 Å². The van der Waals surface area contributed by atoms with Crippen molar-refractivity contribution in [3.05, 3.63) is 35.4 Å². The number of amides is 1. The Morgan fingerprint density at radius 3 is 2.35 bits per heavy atom. The van der Waals surface area contributed by atoms with Crippen molar-refractivity contribution in [2.24, 2.45) is 5.92 Å². The predicted octanol–water partition coefficient (Wildman–Crippen LogP) is 2.56. The van der Waals surface area contributed by atoms with Gasteiger partial charge in [0.25, 0.3) is 0 Å². The van der Waals surface area contributed by atoms with Gasteiger partial charge in [0, 0.05) is 6.54 Å². The molecule has 1 atom stereocenters. The van der Waals surface area contributed by atoms with E-state index in [2.05, 4.69) is 46.7 Å². The lowest BCUT2D eigenvalue weighted by Gasteiger charge is -2.25. The number of hydrogen-bond donors (Lipinski definition) is 2. The van der Waals surface area contributed by atoms with Gasteiger partial charge in [-0.25, -0.2) is 0 Å². The third kappa shape index (κ3) is 8.02. The van der Waals surface area contributed by atoms with Gasteiger partial charge in [0.05, 0.1) is 12.6 Å². The first kappa shape index (κ1) is 22.2. The smallest absolute Gasteiger partial charge is 0.234 e. The molecule has 0 aliphatic heterocycles. The molecule has 2 rings (SSSR count). The van der Waals surface area contributed by atoms with Crippen LogP contribution in [0.5, 0.6) is 0 Å². The largest absolute Gasteiger partial charge is 0.353 e.